The van der Waals surface area contributed by atoms with Crippen LogP contribution in [0.1, 0.15) is 19.3 Å². The predicted octanol–water partition coefficient (Wildman–Crippen LogP) is 2.13. The molecule has 1 N–H and O–H groups in total. The highest BCUT2D eigenvalue weighted by Gasteiger charge is 2.20. The molecule has 0 aromatic carbocycles. The fourth-order valence-electron chi connectivity index (χ4n) is 2.08. The second kappa shape index (κ2) is 3.26. The molecule has 3 rings (SSSR count). The summed E-state index contributed by atoms with van der Waals surface area (Å²) in [5, 5.41) is 1.04. The third-order valence-electron chi connectivity index (χ3n) is 3.16. The molecule has 0 amide bonds. The van der Waals surface area contributed by atoms with Gasteiger partial charge in [-0.2, -0.15) is 0 Å². The molecule has 0 unspecified atom stereocenters. The number of hydrogen-bond donors (Lipinski definition) is 1. The molecule has 1 fully saturated rings. The Bertz CT molecular complexity index is 534. The highest BCUT2D eigenvalue weighted by atomic mass is 16.1. The number of nitrogens with one attached hydrogen (secondary N) is 1. The molecule has 0 aliphatic heterocycles. The lowest BCUT2D eigenvalue weighted by Gasteiger charge is -2.02. The van der Waals surface area contributed by atoms with E-state index in [-0.39, 0.29) is 5.56 Å². The molecule has 2 aromatic heterocycles. The molecule has 1 aliphatic carbocycles. The maximum atomic E-state index is 11.6. The molecule has 0 saturated heterocycles. The number of aryl methyl sites for hydroxylation is 1. The molecule has 78 valence electrons. The van der Waals surface area contributed by atoms with Gasteiger partial charge < -0.3 is 9.55 Å². The minimum Gasteiger partial charge on any atom is -0.343 e. The predicted molar refractivity (Wildman–Crippen MR) is 59.9 cm³/mol. The van der Waals surface area contributed by atoms with E-state index in [1.54, 1.807) is 6.20 Å². The van der Waals surface area contributed by atoms with Gasteiger partial charge in [0.2, 0.25) is 0 Å². The number of fused-ring (bicyclic) bond motifs is 1. The monoisotopic (exact) mass is 202 g/mol. The van der Waals surface area contributed by atoms with Crippen LogP contribution in [-0.4, -0.2) is 9.55 Å². The van der Waals surface area contributed by atoms with Crippen LogP contribution in [-0.2, 0) is 6.54 Å². The Kier molecular flexibility index (Phi) is 1.91. The lowest BCUT2D eigenvalue weighted by Crippen LogP contribution is -2.10. The summed E-state index contributed by atoms with van der Waals surface area (Å²) in [5.41, 5.74) is 0.839. The molecule has 0 bridgehead atoms. The summed E-state index contributed by atoms with van der Waals surface area (Å²) in [6, 6.07) is 3.96. The van der Waals surface area contributed by atoms with Crippen molar-refractivity contribution in [1.29, 1.82) is 0 Å². The molecule has 1 aliphatic rings. The number of H-pyrrole nitrogens is 1. The van der Waals surface area contributed by atoms with Gasteiger partial charge in [-0.05, 0) is 24.5 Å². The van der Waals surface area contributed by atoms with Crippen molar-refractivity contribution in [2.24, 2.45) is 5.92 Å². The van der Waals surface area contributed by atoms with Gasteiger partial charge >= 0.3 is 0 Å². The van der Waals surface area contributed by atoms with E-state index in [1.807, 2.05) is 18.3 Å². The Morgan fingerprint density at radius 2 is 2.27 bits per heavy atom. The first-order valence-electron chi connectivity index (χ1n) is 5.51. The van der Waals surface area contributed by atoms with Crippen LogP contribution in [0.3, 0.4) is 0 Å². The Morgan fingerprint density at radius 3 is 3.07 bits per heavy atom. The van der Waals surface area contributed by atoms with Crippen LogP contribution < -0.4 is 5.56 Å². The SMILES string of the molecule is O=c1[nH]ccc2ccn(CCC3CC3)c12. The third-order valence-corrected chi connectivity index (χ3v) is 3.16. The van der Waals surface area contributed by atoms with E-state index in [0.29, 0.717) is 0 Å². The molecule has 2 aromatic rings. The minimum atomic E-state index is 0.0216. The summed E-state index contributed by atoms with van der Waals surface area (Å²) in [6.45, 7) is 0.973. The molecule has 0 atom stereocenters. The number of rotatable bonds is 3. The number of aromatic nitrogens is 2. The number of hydrogen-bond acceptors (Lipinski definition) is 1. The maximum Gasteiger partial charge on any atom is 0.272 e. The van der Waals surface area contributed by atoms with E-state index >= 15 is 0 Å². The van der Waals surface area contributed by atoms with E-state index in [1.165, 1.54) is 19.3 Å². The van der Waals surface area contributed by atoms with Crippen molar-refractivity contribution in [2.45, 2.75) is 25.8 Å². The van der Waals surface area contributed by atoms with Crippen LogP contribution in [0.25, 0.3) is 10.9 Å². The van der Waals surface area contributed by atoms with Crippen LogP contribution in [0.4, 0.5) is 0 Å². The average molecular weight is 202 g/mol. The highest BCUT2D eigenvalue weighted by molar-refractivity contribution is 5.78. The van der Waals surface area contributed by atoms with Gasteiger partial charge in [-0.3, -0.25) is 4.79 Å². The Morgan fingerprint density at radius 1 is 1.40 bits per heavy atom. The zero-order valence-electron chi connectivity index (χ0n) is 8.57. The van der Waals surface area contributed by atoms with Gasteiger partial charge in [0.1, 0.15) is 5.52 Å². The largest absolute Gasteiger partial charge is 0.343 e. The van der Waals surface area contributed by atoms with Crippen molar-refractivity contribution in [3.63, 3.8) is 0 Å². The molecule has 0 radical (unpaired) electrons. The molecule has 3 nitrogen and oxygen atoms in total. The van der Waals surface area contributed by atoms with Gasteiger partial charge in [-0.25, -0.2) is 0 Å². The second-order valence-electron chi connectivity index (χ2n) is 4.35. The summed E-state index contributed by atoms with van der Waals surface area (Å²) >= 11 is 0. The fourth-order valence-corrected chi connectivity index (χ4v) is 2.08. The summed E-state index contributed by atoms with van der Waals surface area (Å²) in [7, 11) is 0. The molecule has 0 spiro atoms. The lowest BCUT2D eigenvalue weighted by atomic mass is 10.3. The van der Waals surface area contributed by atoms with Crippen LogP contribution in [0.2, 0.25) is 0 Å². The zero-order valence-corrected chi connectivity index (χ0v) is 8.57. The van der Waals surface area contributed by atoms with Crippen molar-refractivity contribution < 1.29 is 0 Å². The first-order valence-corrected chi connectivity index (χ1v) is 5.51. The van der Waals surface area contributed by atoms with Crippen LogP contribution in [0, 0.1) is 5.92 Å². The molecule has 1 saturated carbocycles. The van der Waals surface area contributed by atoms with Crippen molar-refractivity contribution in [3.8, 4) is 0 Å². The van der Waals surface area contributed by atoms with E-state index in [0.717, 1.165) is 23.4 Å². The van der Waals surface area contributed by atoms with E-state index in [4.69, 9.17) is 0 Å². The van der Waals surface area contributed by atoms with Crippen molar-refractivity contribution in [1.82, 2.24) is 9.55 Å². The third kappa shape index (κ3) is 1.58. The minimum absolute atomic E-state index is 0.0216. The van der Waals surface area contributed by atoms with Gasteiger partial charge in [-0.15, -0.1) is 0 Å². The van der Waals surface area contributed by atoms with Crippen molar-refractivity contribution >= 4 is 10.9 Å². The molecule has 15 heavy (non-hydrogen) atoms. The van der Waals surface area contributed by atoms with Crippen molar-refractivity contribution in [3.05, 3.63) is 34.9 Å². The zero-order chi connectivity index (χ0) is 10.3. The van der Waals surface area contributed by atoms with Crippen molar-refractivity contribution in [2.75, 3.05) is 0 Å². The quantitative estimate of drug-likeness (QED) is 0.813. The summed E-state index contributed by atoms with van der Waals surface area (Å²) in [5.74, 6) is 0.908. The number of aromatic amines is 1. The Labute approximate surface area is 87.7 Å². The van der Waals surface area contributed by atoms with Crippen LogP contribution >= 0.6 is 0 Å². The molecular weight excluding hydrogens is 188 g/mol. The molecule has 2 heterocycles. The van der Waals surface area contributed by atoms with Gasteiger partial charge in [-0.1, -0.05) is 12.8 Å². The smallest absolute Gasteiger partial charge is 0.272 e. The number of pyridine rings is 1. The Hall–Kier alpha value is -1.51. The number of nitrogens with zero attached hydrogens (tertiary/aromatic N) is 1. The second-order valence-corrected chi connectivity index (χ2v) is 4.35. The van der Waals surface area contributed by atoms with Gasteiger partial charge in [0.05, 0.1) is 0 Å². The van der Waals surface area contributed by atoms with E-state index in [9.17, 15) is 4.79 Å². The highest BCUT2D eigenvalue weighted by Crippen LogP contribution is 2.33. The molecular formula is C12H14N2O. The molecule has 3 heteroatoms. The summed E-state index contributed by atoms with van der Waals surface area (Å²) in [4.78, 5) is 14.4. The first kappa shape index (κ1) is 8.77. The summed E-state index contributed by atoms with van der Waals surface area (Å²) < 4.78 is 2.08. The van der Waals surface area contributed by atoms with Gasteiger partial charge in [0.15, 0.2) is 0 Å². The van der Waals surface area contributed by atoms with Gasteiger partial charge in [0, 0.05) is 24.3 Å². The summed E-state index contributed by atoms with van der Waals surface area (Å²) in [6.07, 6.45) is 7.67. The van der Waals surface area contributed by atoms with Crippen LogP contribution in [0.5, 0.6) is 0 Å². The first-order chi connectivity index (χ1) is 7.34. The normalized spacial score (nSPS) is 16.0. The maximum absolute atomic E-state index is 11.6. The lowest BCUT2D eigenvalue weighted by molar-refractivity contribution is 0.610. The van der Waals surface area contributed by atoms with E-state index < -0.39 is 0 Å². The van der Waals surface area contributed by atoms with Crippen LogP contribution in [0.15, 0.2) is 29.3 Å². The topological polar surface area (TPSA) is 37.8 Å². The standard InChI is InChI=1S/C12H14N2O/c15-12-11-10(3-6-13-12)5-8-14(11)7-4-9-1-2-9/h3,5-6,8-9H,1-2,4,7H2,(H,13,15). The average Bonchev–Trinajstić information content (AvgIpc) is 2.96. The fraction of sp³-hybridized carbons (Fsp3) is 0.417. The van der Waals surface area contributed by atoms with Gasteiger partial charge in [0.25, 0.3) is 5.56 Å². The Balaban J connectivity index is 1.98. The van der Waals surface area contributed by atoms with E-state index in [2.05, 4.69) is 9.55 Å².